The lowest BCUT2D eigenvalue weighted by Crippen LogP contribution is -2.33. The number of rotatable bonds is 7. The van der Waals surface area contributed by atoms with E-state index in [0.717, 1.165) is 47.8 Å². The van der Waals surface area contributed by atoms with E-state index >= 15 is 0 Å². The third-order valence-corrected chi connectivity index (χ3v) is 5.89. The van der Waals surface area contributed by atoms with Crippen LogP contribution in [0.5, 0.6) is 11.5 Å². The fraction of sp³-hybridized carbons (Fsp3) is 0.360. The molecular formula is C25H30N4O3. The summed E-state index contributed by atoms with van der Waals surface area (Å²) >= 11 is 0. The van der Waals surface area contributed by atoms with Gasteiger partial charge in [-0.3, -0.25) is 9.69 Å². The Bertz CT molecular complexity index is 1090. The first-order chi connectivity index (χ1) is 15.5. The van der Waals surface area contributed by atoms with Gasteiger partial charge in [-0.25, -0.2) is 4.68 Å². The summed E-state index contributed by atoms with van der Waals surface area (Å²) in [5.41, 5.74) is 4.03. The van der Waals surface area contributed by atoms with Crippen LogP contribution in [0.15, 0.2) is 48.5 Å². The van der Waals surface area contributed by atoms with E-state index in [9.17, 15) is 4.79 Å². The van der Waals surface area contributed by atoms with Gasteiger partial charge in [0.25, 0.3) is 0 Å². The maximum Gasteiger partial charge on any atom is 0.239 e. The molecule has 32 heavy (non-hydrogen) atoms. The summed E-state index contributed by atoms with van der Waals surface area (Å²) in [5.74, 6) is 2.16. The second kappa shape index (κ2) is 9.44. The van der Waals surface area contributed by atoms with Crippen LogP contribution in [0.3, 0.4) is 0 Å². The van der Waals surface area contributed by atoms with E-state index < -0.39 is 0 Å². The van der Waals surface area contributed by atoms with Crippen molar-refractivity contribution in [2.45, 2.75) is 32.7 Å². The Morgan fingerprint density at radius 2 is 1.88 bits per heavy atom. The Hall–Kier alpha value is -3.32. The molecule has 1 saturated heterocycles. The van der Waals surface area contributed by atoms with Crippen LogP contribution < -0.4 is 14.8 Å². The molecule has 7 heteroatoms. The fourth-order valence-corrected chi connectivity index (χ4v) is 4.30. The molecule has 0 radical (unpaired) electrons. The summed E-state index contributed by atoms with van der Waals surface area (Å²) in [6.07, 6.45) is 2.02. The molecule has 4 rings (SSSR count). The van der Waals surface area contributed by atoms with Gasteiger partial charge in [-0.05, 0) is 51.4 Å². The SMILES string of the molecule is COc1ccc([C@@H]2CCCN2CC(=O)Nc2cc(C)nn2-c2ccc(C)cc2)c(OC)c1. The number of carbonyl (C=O) groups is 1. The molecule has 0 aliphatic carbocycles. The number of methoxy groups -OCH3 is 2. The number of carbonyl (C=O) groups excluding carboxylic acids is 1. The van der Waals surface area contributed by atoms with Crippen LogP contribution in [0.25, 0.3) is 5.69 Å². The maximum absolute atomic E-state index is 13.0. The third-order valence-electron chi connectivity index (χ3n) is 5.89. The molecular weight excluding hydrogens is 404 g/mol. The highest BCUT2D eigenvalue weighted by Gasteiger charge is 2.30. The molecule has 1 atom stereocenters. The third kappa shape index (κ3) is 4.62. The number of nitrogens with one attached hydrogen (secondary N) is 1. The summed E-state index contributed by atoms with van der Waals surface area (Å²) in [4.78, 5) is 15.2. The van der Waals surface area contributed by atoms with Crippen LogP contribution in [-0.2, 0) is 4.79 Å². The molecule has 3 aromatic rings. The van der Waals surface area contributed by atoms with Gasteiger partial charge in [0.1, 0.15) is 17.3 Å². The van der Waals surface area contributed by atoms with Gasteiger partial charge in [-0.1, -0.05) is 23.8 Å². The minimum Gasteiger partial charge on any atom is -0.497 e. The quantitative estimate of drug-likeness (QED) is 0.601. The van der Waals surface area contributed by atoms with Gasteiger partial charge in [0, 0.05) is 23.7 Å². The zero-order valence-corrected chi connectivity index (χ0v) is 19.1. The minimum atomic E-state index is -0.0577. The van der Waals surface area contributed by atoms with Crippen molar-refractivity contribution in [3.8, 4) is 17.2 Å². The summed E-state index contributed by atoms with van der Waals surface area (Å²) < 4.78 is 12.7. The highest BCUT2D eigenvalue weighted by Crippen LogP contribution is 2.38. The smallest absolute Gasteiger partial charge is 0.239 e. The van der Waals surface area contributed by atoms with Crippen molar-refractivity contribution >= 4 is 11.7 Å². The molecule has 0 spiro atoms. The Morgan fingerprint density at radius 3 is 2.59 bits per heavy atom. The van der Waals surface area contributed by atoms with E-state index in [1.165, 1.54) is 5.56 Å². The molecule has 0 saturated carbocycles. The molecule has 1 aromatic heterocycles. The van der Waals surface area contributed by atoms with E-state index in [-0.39, 0.29) is 11.9 Å². The first-order valence-electron chi connectivity index (χ1n) is 10.9. The number of aromatic nitrogens is 2. The Labute approximate surface area is 188 Å². The van der Waals surface area contributed by atoms with Crippen molar-refractivity contribution in [3.63, 3.8) is 0 Å². The van der Waals surface area contributed by atoms with Crippen molar-refractivity contribution in [3.05, 3.63) is 65.4 Å². The lowest BCUT2D eigenvalue weighted by molar-refractivity contribution is -0.117. The summed E-state index contributed by atoms with van der Waals surface area (Å²) in [7, 11) is 3.31. The molecule has 1 N–H and O–H groups in total. The number of likely N-dealkylation sites (tertiary alicyclic amines) is 1. The Morgan fingerprint density at radius 1 is 1.09 bits per heavy atom. The highest BCUT2D eigenvalue weighted by atomic mass is 16.5. The normalized spacial score (nSPS) is 16.2. The van der Waals surface area contributed by atoms with Gasteiger partial charge < -0.3 is 14.8 Å². The van der Waals surface area contributed by atoms with Gasteiger partial charge in [0.2, 0.25) is 5.91 Å². The van der Waals surface area contributed by atoms with E-state index in [4.69, 9.17) is 9.47 Å². The van der Waals surface area contributed by atoms with Crippen LogP contribution in [-0.4, -0.2) is 47.9 Å². The van der Waals surface area contributed by atoms with Crippen molar-refractivity contribution in [2.24, 2.45) is 0 Å². The van der Waals surface area contributed by atoms with E-state index in [0.29, 0.717) is 12.4 Å². The fourth-order valence-electron chi connectivity index (χ4n) is 4.30. The van der Waals surface area contributed by atoms with Crippen molar-refractivity contribution < 1.29 is 14.3 Å². The first kappa shape index (κ1) is 21.9. The molecule has 1 aliphatic rings. The van der Waals surface area contributed by atoms with Gasteiger partial charge in [-0.2, -0.15) is 5.10 Å². The van der Waals surface area contributed by atoms with E-state index in [2.05, 4.69) is 15.3 Å². The standard InChI is InChI=1S/C25H30N4O3/c1-17-7-9-19(10-8-17)29-24(14-18(2)27-29)26-25(30)16-28-13-5-6-22(28)21-12-11-20(31-3)15-23(21)32-4/h7-12,14-15,22H,5-6,13,16H2,1-4H3,(H,26,30)/t22-/m0/s1. The van der Waals surface area contributed by atoms with Gasteiger partial charge in [0.15, 0.2) is 0 Å². The van der Waals surface area contributed by atoms with E-state index in [1.54, 1.807) is 18.9 Å². The molecule has 2 heterocycles. The van der Waals surface area contributed by atoms with Crippen LogP contribution in [0, 0.1) is 13.8 Å². The summed E-state index contributed by atoms with van der Waals surface area (Å²) in [6.45, 7) is 5.14. The number of amides is 1. The molecule has 1 fully saturated rings. The average Bonchev–Trinajstić information content (AvgIpc) is 3.39. The molecule has 168 valence electrons. The maximum atomic E-state index is 13.0. The number of hydrogen-bond acceptors (Lipinski definition) is 5. The number of benzene rings is 2. The number of anilines is 1. The van der Waals surface area contributed by atoms with Crippen LogP contribution in [0.2, 0.25) is 0 Å². The monoisotopic (exact) mass is 434 g/mol. The topological polar surface area (TPSA) is 68.6 Å². The number of hydrogen-bond donors (Lipinski definition) is 1. The van der Waals surface area contributed by atoms with Crippen molar-refractivity contribution in [2.75, 3.05) is 32.6 Å². The Balaban J connectivity index is 1.50. The average molecular weight is 435 g/mol. The van der Waals surface area contributed by atoms with Gasteiger partial charge in [0.05, 0.1) is 32.1 Å². The van der Waals surface area contributed by atoms with Crippen LogP contribution >= 0.6 is 0 Å². The first-order valence-corrected chi connectivity index (χ1v) is 10.9. The van der Waals surface area contributed by atoms with Gasteiger partial charge in [-0.15, -0.1) is 0 Å². The number of ether oxygens (including phenoxy) is 2. The van der Waals surface area contributed by atoms with Crippen LogP contribution in [0.4, 0.5) is 5.82 Å². The number of nitrogens with zero attached hydrogens (tertiary/aromatic N) is 3. The molecule has 0 bridgehead atoms. The largest absolute Gasteiger partial charge is 0.497 e. The molecule has 7 nitrogen and oxygen atoms in total. The molecule has 1 amide bonds. The lowest BCUT2D eigenvalue weighted by Gasteiger charge is -2.26. The van der Waals surface area contributed by atoms with Crippen molar-refractivity contribution in [1.82, 2.24) is 14.7 Å². The molecule has 1 aliphatic heterocycles. The van der Waals surface area contributed by atoms with Gasteiger partial charge >= 0.3 is 0 Å². The highest BCUT2D eigenvalue weighted by molar-refractivity contribution is 5.91. The second-order valence-electron chi connectivity index (χ2n) is 8.20. The zero-order valence-electron chi connectivity index (χ0n) is 19.1. The van der Waals surface area contributed by atoms with E-state index in [1.807, 2.05) is 62.4 Å². The minimum absolute atomic E-state index is 0.0577. The zero-order chi connectivity index (χ0) is 22.7. The number of aryl methyl sites for hydroxylation is 2. The summed E-state index contributed by atoms with van der Waals surface area (Å²) in [6, 6.07) is 16.0. The Kier molecular flexibility index (Phi) is 6.46. The lowest BCUT2D eigenvalue weighted by atomic mass is 10.0. The predicted octanol–water partition coefficient (Wildman–Crippen LogP) is 4.28. The predicted molar refractivity (Wildman–Crippen MR) is 125 cm³/mol. The molecule has 2 aromatic carbocycles. The van der Waals surface area contributed by atoms with Crippen LogP contribution in [0.1, 0.15) is 35.7 Å². The summed E-state index contributed by atoms with van der Waals surface area (Å²) in [5, 5.41) is 7.62. The molecule has 0 unspecified atom stereocenters. The second-order valence-corrected chi connectivity index (χ2v) is 8.20. The van der Waals surface area contributed by atoms with Crippen molar-refractivity contribution in [1.29, 1.82) is 0 Å².